The van der Waals surface area contributed by atoms with E-state index in [1.807, 2.05) is 30.3 Å². The van der Waals surface area contributed by atoms with Crippen LogP contribution < -0.4 is 5.32 Å². The van der Waals surface area contributed by atoms with Gasteiger partial charge in [-0.1, -0.05) is 30.3 Å². The molecular weight excluding hydrogens is 294 g/mol. The molecule has 3 rings (SSSR count). The molecule has 2 N–H and O–H groups in total. The number of aliphatic hydroxyl groups excluding tert-OH is 1. The van der Waals surface area contributed by atoms with Crippen molar-refractivity contribution < 1.29 is 9.84 Å². The van der Waals surface area contributed by atoms with Gasteiger partial charge in [0.25, 0.3) is 0 Å². The number of rotatable bonds is 7. The second-order valence-electron chi connectivity index (χ2n) is 5.24. The summed E-state index contributed by atoms with van der Waals surface area (Å²) in [6, 6.07) is 10.1. The second kappa shape index (κ2) is 7.17. The molecule has 0 unspecified atom stereocenters. The summed E-state index contributed by atoms with van der Waals surface area (Å²) in [5.74, 6) is 0.679. The molecule has 0 bridgehead atoms. The summed E-state index contributed by atoms with van der Waals surface area (Å²) >= 11 is 0. The monoisotopic (exact) mass is 313 g/mol. The predicted molar refractivity (Wildman–Crippen MR) is 87.0 cm³/mol. The lowest BCUT2D eigenvalue weighted by atomic mass is 10.2. The molecule has 0 fully saturated rings. The Kier molecular flexibility index (Phi) is 4.80. The van der Waals surface area contributed by atoms with Crippen LogP contribution in [0.3, 0.4) is 0 Å². The maximum absolute atomic E-state index is 9.87. The molecule has 3 aromatic rings. The van der Waals surface area contributed by atoms with Crippen LogP contribution in [0.15, 0.2) is 43.0 Å². The van der Waals surface area contributed by atoms with Crippen LogP contribution in [-0.4, -0.2) is 44.4 Å². The number of imidazole rings is 1. The van der Waals surface area contributed by atoms with Gasteiger partial charge in [-0.2, -0.15) is 0 Å². The molecule has 0 radical (unpaired) electrons. The predicted octanol–water partition coefficient (Wildman–Crippen LogP) is 1.45. The van der Waals surface area contributed by atoms with E-state index < -0.39 is 6.10 Å². The summed E-state index contributed by atoms with van der Waals surface area (Å²) in [5.41, 5.74) is 2.54. The normalized spacial score (nSPS) is 12.4. The van der Waals surface area contributed by atoms with Crippen molar-refractivity contribution in [3.05, 3.63) is 48.5 Å². The molecule has 0 aliphatic heterocycles. The van der Waals surface area contributed by atoms with E-state index in [9.17, 15) is 5.11 Å². The summed E-state index contributed by atoms with van der Waals surface area (Å²) < 4.78 is 6.75. The van der Waals surface area contributed by atoms with E-state index >= 15 is 0 Å². The average molecular weight is 313 g/mol. The fraction of sp³-hybridized carbons (Fsp3) is 0.312. The van der Waals surface area contributed by atoms with Crippen molar-refractivity contribution in [3.8, 4) is 0 Å². The minimum Gasteiger partial charge on any atom is -0.389 e. The number of hydrogen-bond donors (Lipinski definition) is 2. The molecule has 2 aromatic heterocycles. The fourth-order valence-corrected chi connectivity index (χ4v) is 2.40. The number of anilines is 1. The van der Waals surface area contributed by atoms with Crippen molar-refractivity contribution >= 4 is 17.0 Å². The molecule has 0 aliphatic rings. The Balaban J connectivity index is 1.78. The molecule has 0 spiro atoms. The van der Waals surface area contributed by atoms with Crippen molar-refractivity contribution in [2.45, 2.75) is 19.2 Å². The van der Waals surface area contributed by atoms with Gasteiger partial charge >= 0.3 is 0 Å². The van der Waals surface area contributed by atoms with Crippen LogP contribution in [-0.2, 0) is 17.8 Å². The smallest absolute Gasteiger partial charge is 0.165 e. The van der Waals surface area contributed by atoms with Crippen LogP contribution in [0.5, 0.6) is 0 Å². The Morgan fingerprint density at radius 2 is 2.04 bits per heavy atom. The van der Waals surface area contributed by atoms with Crippen LogP contribution in [0.1, 0.15) is 5.56 Å². The van der Waals surface area contributed by atoms with Crippen LogP contribution in [0.2, 0.25) is 0 Å². The highest BCUT2D eigenvalue weighted by Gasteiger charge is 2.12. The van der Waals surface area contributed by atoms with E-state index in [-0.39, 0.29) is 6.61 Å². The molecular formula is C16H19N5O2. The first kappa shape index (κ1) is 15.4. The summed E-state index contributed by atoms with van der Waals surface area (Å²) in [5, 5.41) is 13.2. The number of ether oxygens (including phenoxy) is 1. The zero-order valence-electron chi connectivity index (χ0n) is 12.9. The summed E-state index contributed by atoms with van der Waals surface area (Å²) in [6.07, 6.45) is 2.55. The number of hydrogen-bond acceptors (Lipinski definition) is 6. The van der Waals surface area contributed by atoms with E-state index in [2.05, 4.69) is 20.3 Å². The van der Waals surface area contributed by atoms with Crippen molar-refractivity contribution in [2.24, 2.45) is 0 Å². The fourth-order valence-electron chi connectivity index (χ4n) is 2.40. The van der Waals surface area contributed by atoms with Gasteiger partial charge in [0, 0.05) is 13.7 Å². The summed E-state index contributed by atoms with van der Waals surface area (Å²) in [4.78, 5) is 12.9. The molecule has 0 saturated carbocycles. The van der Waals surface area contributed by atoms with E-state index in [0.717, 1.165) is 5.56 Å². The molecule has 2 heterocycles. The van der Waals surface area contributed by atoms with E-state index in [1.165, 1.54) is 6.33 Å². The lowest BCUT2D eigenvalue weighted by Crippen LogP contribution is -2.20. The zero-order valence-corrected chi connectivity index (χ0v) is 12.9. The third kappa shape index (κ3) is 3.64. The van der Waals surface area contributed by atoms with Gasteiger partial charge in [0.2, 0.25) is 0 Å². The van der Waals surface area contributed by atoms with Gasteiger partial charge in [0.1, 0.15) is 11.8 Å². The first-order valence-electron chi connectivity index (χ1n) is 7.38. The summed E-state index contributed by atoms with van der Waals surface area (Å²) in [6.45, 7) is 1.30. The van der Waals surface area contributed by atoms with Crippen LogP contribution in [0.4, 0.5) is 5.82 Å². The molecule has 120 valence electrons. The maximum Gasteiger partial charge on any atom is 0.165 e. The molecule has 1 aromatic carbocycles. The number of nitrogens with zero attached hydrogens (tertiary/aromatic N) is 4. The van der Waals surface area contributed by atoms with Gasteiger partial charge in [-0.15, -0.1) is 0 Å². The average Bonchev–Trinajstić information content (AvgIpc) is 2.98. The maximum atomic E-state index is 9.87. The first-order valence-corrected chi connectivity index (χ1v) is 7.38. The Hall–Kier alpha value is -2.51. The summed E-state index contributed by atoms with van der Waals surface area (Å²) in [7, 11) is 1.56. The number of nitrogens with one attached hydrogen (secondary N) is 1. The quantitative estimate of drug-likeness (QED) is 0.686. The van der Waals surface area contributed by atoms with Crippen molar-refractivity contribution in [3.63, 3.8) is 0 Å². The highest BCUT2D eigenvalue weighted by atomic mass is 16.5. The van der Waals surface area contributed by atoms with Crippen LogP contribution in [0, 0.1) is 0 Å². The second-order valence-corrected chi connectivity index (χ2v) is 5.24. The number of aliphatic hydroxyl groups is 1. The standard InChI is InChI=1S/C16H19N5O2/c1-23-9-13(22)8-21-11-20-14-15(18-10-19-16(14)21)17-7-12-5-3-2-4-6-12/h2-6,10-11,13,22H,7-9H2,1H3,(H,17,18,19)/t13-/m1/s1. The minimum absolute atomic E-state index is 0.268. The lowest BCUT2D eigenvalue weighted by molar-refractivity contribution is 0.0543. The Labute approximate surface area is 134 Å². The van der Waals surface area contributed by atoms with E-state index in [0.29, 0.717) is 30.1 Å². The molecule has 7 heteroatoms. The van der Waals surface area contributed by atoms with Crippen LogP contribution in [0.25, 0.3) is 11.2 Å². The zero-order chi connectivity index (χ0) is 16.1. The molecule has 23 heavy (non-hydrogen) atoms. The largest absolute Gasteiger partial charge is 0.389 e. The number of fused-ring (bicyclic) bond motifs is 1. The van der Waals surface area contributed by atoms with Gasteiger partial charge in [-0.25, -0.2) is 15.0 Å². The van der Waals surface area contributed by atoms with E-state index in [4.69, 9.17) is 4.74 Å². The van der Waals surface area contributed by atoms with Gasteiger partial charge in [-0.3, -0.25) is 0 Å². The van der Waals surface area contributed by atoms with Crippen LogP contribution >= 0.6 is 0 Å². The third-order valence-electron chi connectivity index (χ3n) is 3.47. The molecule has 7 nitrogen and oxygen atoms in total. The number of methoxy groups -OCH3 is 1. The van der Waals surface area contributed by atoms with Gasteiger partial charge < -0.3 is 19.7 Å². The lowest BCUT2D eigenvalue weighted by Gasteiger charge is -2.10. The Morgan fingerprint density at radius 3 is 2.83 bits per heavy atom. The topological polar surface area (TPSA) is 85.1 Å². The molecule has 1 atom stereocenters. The van der Waals surface area contributed by atoms with Crippen molar-refractivity contribution in [2.75, 3.05) is 19.0 Å². The highest BCUT2D eigenvalue weighted by molar-refractivity contribution is 5.82. The Bertz CT molecular complexity index is 760. The molecule has 0 amide bonds. The third-order valence-corrected chi connectivity index (χ3v) is 3.47. The van der Waals surface area contributed by atoms with Gasteiger partial charge in [-0.05, 0) is 5.56 Å². The molecule has 0 saturated heterocycles. The molecule has 0 aliphatic carbocycles. The Morgan fingerprint density at radius 1 is 1.22 bits per heavy atom. The number of benzene rings is 1. The first-order chi connectivity index (χ1) is 11.3. The van der Waals surface area contributed by atoms with Gasteiger partial charge in [0.15, 0.2) is 11.5 Å². The van der Waals surface area contributed by atoms with Crippen molar-refractivity contribution in [1.29, 1.82) is 0 Å². The van der Waals surface area contributed by atoms with Crippen molar-refractivity contribution in [1.82, 2.24) is 19.5 Å². The van der Waals surface area contributed by atoms with Gasteiger partial charge in [0.05, 0.1) is 25.6 Å². The number of aromatic nitrogens is 4. The minimum atomic E-state index is -0.604. The van der Waals surface area contributed by atoms with E-state index in [1.54, 1.807) is 18.0 Å². The highest BCUT2D eigenvalue weighted by Crippen LogP contribution is 2.18. The SMILES string of the molecule is COC[C@H](O)Cn1cnc2c(NCc3ccccc3)ncnc21.